The zero-order valence-corrected chi connectivity index (χ0v) is 21.2. The summed E-state index contributed by atoms with van der Waals surface area (Å²) >= 11 is 0. The lowest BCUT2D eigenvalue weighted by Gasteiger charge is -2.15. The average Bonchev–Trinajstić information content (AvgIpc) is 3.33. The minimum absolute atomic E-state index is 0.196. The molecule has 0 aliphatic rings. The Kier molecular flexibility index (Phi) is 7.59. The number of hydrogen-bond acceptors (Lipinski definition) is 6. The number of benzene rings is 2. The van der Waals surface area contributed by atoms with Crippen LogP contribution < -0.4 is 19.5 Å². The van der Waals surface area contributed by atoms with E-state index >= 15 is 0 Å². The quantitative estimate of drug-likeness (QED) is 0.295. The summed E-state index contributed by atoms with van der Waals surface area (Å²) in [6, 6.07) is 11.4. The normalized spacial score (nSPS) is 11.4. The molecule has 4 rings (SSSR count). The predicted molar refractivity (Wildman–Crippen MR) is 140 cm³/mol. The fraction of sp³-hybridized carbons (Fsp3) is 0.241. The van der Waals surface area contributed by atoms with Gasteiger partial charge < -0.3 is 23.9 Å². The summed E-state index contributed by atoms with van der Waals surface area (Å²) in [4.78, 5) is 16.8. The number of ether oxygens (including phenoxy) is 3. The molecule has 0 saturated carbocycles. The number of rotatable bonds is 9. The van der Waals surface area contributed by atoms with Crippen molar-refractivity contribution in [1.82, 2.24) is 10.3 Å². The second-order valence-electron chi connectivity index (χ2n) is 8.31. The zero-order valence-electron chi connectivity index (χ0n) is 21.2. The van der Waals surface area contributed by atoms with Gasteiger partial charge in [0.15, 0.2) is 0 Å². The van der Waals surface area contributed by atoms with Crippen LogP contribution in [0.5, 0.6) is 17.2 Å². The van der Waals surface area contributed by atoms with Crippen LogP contribution in [0.25, 0.3) is 27.7 Å². The van der Waals surface area contributed by atoms with Crippen LogP contribution in [0.3, 0.4) is 0 Å². The van der Waals surface area contributed by atoms with Gasteiger partial charge in [-0.05, 0) is 62.2 Å². The minimum atomic E-state index is -0.196. The van der Waals surface area contributed by atoms with Crippen molar-refractivity contribution in [2.24, 2.45) is 0 Å². The molecule has 0 unspecified atom stereocenters. The third-order valence-corrected chi connectivity index (χ3v) is 5.99. The summed E-state index contributed by atoms with van der Waals surface area (Å²) in [7, 11) is 3.26. The molecule has 0 atom stereocenters. The molecule has 186 valence electrons. The summed E-state index contributed by atoms with van der Waals surface area (Å²) < 4.78 is 23.1. The summed E-state index contributed by atoms with van der Waals surface area (Å²) in [5.41, 5.74) is 5.82. The van der Waals surface area contributed by atoms with E-state index in [4.69, 9.17) is 18.6 Å². The van der Waals surface area contributed by atoms with E-state index in [-0.39, 0.29) is 5.91 Å². The fourth-order valence-corrected chi connectivity index (χ4v) is 4.19. The molecule has 7 nitrogen and oxygen atoms in total. The first-order valence-electron chi connectivity index (χ1n) is 11.7. The Morgan fingerprint density at radius 3 is 2.67 bits per heavy atom. The second kappa shape index (κ2) is 11.0. The summed E-state index contributed by atoms with van der Waals surface area (Å²) in [6.07, 6.45) is 6.74. The number of aryl methyl sites for hydroxylation is 1. The highest BCUT2D eigenvalue weighted by atomic mass is 16.5. The zero-order chi connectivity index (χ0) is 25.7. The molecule has 0 radical (unpaired) electrons. The maximum Gasteiger partial charge on any atom is 0.244 e. The first-order chi connectivity index (χ1) is 17.5. The number of allylic oxidation sites excluding steroid dienone is 1. The molecule has 2 aromatic carbocycles. The number of carbonyl (C=O) groups excluding carboxylic acids is 1. The van der Waals surface area contributed by atoms with Gasteiger partial charge in [0.1, 0.15) is 22.8 Å². The first-order valence-corrected chi connectivity index (χ1v) is 11.7. The van der Waals surface area contributed by atoms with Crippen LogP contribution in [0.2, 0.25) is 0 Å². The predicted octanol–water partition coefficient (Wildman–Crippen LogP) is 5.94. The number of fused-ring (bicyclic) bond motifs is 1. The lowest BCUT2D eigenvalue weighted by Crippen LogP contribution is -2.20. The van der Waals surface area contributed by atoms with Gasteiger partial charge in [-0.1, -0.05) is 6.07 Å². The summed E-state index contributed by atoms with van der Waals surface area (Å²) in [5.74, 6) is 1.91. The lowest BCUT2D eigenvalue weighted by molar-refractivity contribution is -0.116. The topological polar surface area (TPSA) is 82.8 Å². The van der Waals surface area contributed by atoms with E-state index in [0.29, 0.717) is 30.4 Å². The highest BCUT2D eigenvalue weighted by Crippen LogP contribution is 2.43. The van der Waals surface area contributed by atoms with E-state index in [0.717, 1.165) is 44.4 Å². The van der Waals surface area contributed by atoms with Gasteiger partial charge in [0.05, 0.1) is 27.1 Å². The number of amides is 1. The number of nitrogens with zero attached hydrogens (tertiary/aromatic N) is 1. The monoisotopic (exact) mass is 486 g/mol. The number of hydrogen-bond donors (Lipinski definition) is 1. The van der Waals surface area contributed by atoms with Crippen molar-refractivity contribution in [2.45, 2.75) is 27.3 Å². The Morgan fingerprint density at radius 2 is 1.97 bits per heavy atom. The fourth-order valence-electron chi connectivity index (χ4n) is 4.19. The van der Waals surface area contributed by atoms with Crippen LogP contribution in [0.1, 0.15) is 30.5 Å². The number of aromatic nitrogens is 1. The Bertz CT molecular complexity index is 1410. The molecule has 7 heteroatoms. The Hall–Kier alpha value is -4.26. The maximum absolute atomic E-state index is 12.7. The molecular weight excluding hydrogens is 456 g/mol. The first kappa shape index (κ1) is 24.9. The van der Waals surface area contributed by atoms with E-state index in [1.165, 1.54) is 0 Å². The van der Waals surface area contributed by atoms with Gasteiger partial charge in [-0.15, -0.1) is 0 Å². The van der Waals surface area contributed by atoms with E-state index in [9.17, 15) is 4.79 Å². The number of furan rings is 1. The Balaban J connectivity index is 1.77. The maximum atomic E-state index is 12.7. The van der Waals surface area contributed by atoms with Crippen molar-refractivity contribution in [3.8, 4) is 28.4 Å². The third kappa shape index (κ3) is 5.05. The highest BCUT2D eigenvalue weighted by molar-refractivity contribution is 6.02. The molecule has 36 heavy (non-hydrogen) atoms. The smallest absolute Gasteiger partial charge is 0.244 e. The molecule has 2 aromatic heterocycles. The van der Waals surface area contributed by atoms with Crippen molar-refractivity contribution in [3.63, 3.8) is 0 Å². The Morgan fingerprint density at radius 1 is 1.14 bits per heavy atom. The average molecular weight is 487 g/mol. The van der Waals surface area contributed by atoms with E-state index < -0.39 is 0 Å². The molecule has 0 saturated heterocycles. The van der Waals surface area contributed by atoms with Crippen LogP contribution in [-0.4, -0.2) is 31.7 Å². The van der Waals surface area contributed by atoms with Gasteiger partial charge in [0, 0.05) is 52.7 Å². The van der Waals surface area contributed by atoms with Gasteiger partial charge in [0.2, 0.25) is 5.91 Å². The Labute approximate surface area is 210 Å². The van der Waals surface area contributed by atoms with Gasteiger partial charge in [0.25, 0.3) is 0 Å². The number of methoxy groups -OCH3 is 2. The highest BCUT2D eigenvalue weighted by Gasteiger charge is 2.21. The number of pyridine rings is 1. The van der Waals surface area contributed by atoms with Crippen molar-refractivity contribution in [3.05, 3.63) is 77.8 Å². The lowest BCUT2D eigenvalue weighted by atomic mass is 9.96. The minimum Gasteiger partial charge on any atom is -0.497 e. The summed E-state index contributed by atoms with van der Waals surface area (Å²) in [5, 5.41) is 3.81. The SMILES string of the molecule is CCOc1c(/C(C)=C/C(=O)NCc2cccnc2)cc2c(-c3cc(OC)ccc3OC)coc2c1C. The molecule has 0 spiro atoms. The van der Waals surface area contributed by atoms with E-state index in [1.807, 2.05) is 57.2 Å². The molecule has 1 N–H and O–H groups in total. The molecule has 1 amide bonds. The number of nitrogens with one attached hydrogen (secondary N) is 1. The molecular formula is C29H30N2O5. The van der Waals surface area contributed by atoms with Crippen molar-refractivity contribution in [1.29, 1.82) is 0 Å². The van der Waals surface area contributed by atoms with Gasteiger partial charge in [-0.3, -0.25) is 9.78 Å². The van der Waals surface area contributed by atoms with Crippen LogP contribution in [-0.2, 0) is 11.3 Å². The molecule has 2 heterocycles. The van der Waals surface area contributed by atoms with Crippen molar-refractivity contribution >= 4 is 22.4 Å². The van der Waals surface area contributed by atoms with Crippen LogP contribution >= 0.6 is 0 Å². The van der Waals surface area contributed by atoms with Gasteiger partial charge >= 0.3 is 0 Å². The van der Waals surface area contributed by atoms with Gasteiger partial charge in [-0.25, -0.2) is 0 Å². The molecule has 0 fully saturated rings. The van der Waals surface area contributed by atoms with Crippen LogP contribution in [0.15, 0.2) is 65.5 Å². The summed E-state index contributed by atoms with van der Waals surface area (Å²) in [6.45, 7) is 6.68. The van der Waals surface area contributed by atoms with Crippen molar-refractivity contribution < 1.29 is 23.4 Å². The largest absolute Gasteiger partial charge is 0.497 e. The second-order valence-corrected chi connectivity index (χ2v) is 8.31. The van der Waals surface area contributed by atoms with Crippen LogP contribution in [0.4, 0.5) is 0 Å². The molecule has 0 aliphatic heterocycles. The van der Waals surface area contributed by atoms with Crippen LogP contribution in [0, 0.1) is 6.92 Å². The van der Waals surface area contributed by atoms with Gasteiger partial charge in [-0.2, -0.15) is 0 Å². The molecule has 4 aromatic rings. The standard InChI is InChI=1S/C29H30N2O5/c1-6-35-28-19(3)29-24(25(17-36-29)23-13-21(33-4)9-10-26(23)34-5)14-22(28)18(2)12-27(32)31-16-20-8-7-11-30-15-20/h7-15,17H,6,16H2,1-5H3,(H,31,32)/b18-12+. The van der Waals surface area contributed by atoms with E-state index in [1.54, 1.807) is 39.0 Å². The molecule has 0 bridgehead atoms. The number of carbonyl (C=O) groups is 1. The van der Waals surface area contributed by atoms with Crippen molar-refractivity contribution in [2.75, 3.05) is 20.8 Å². The van der Waals surface area contributed by atoms with E-state index in [2.05, 4.69) is 10.3 Å². The molecule has 0 aliphatic carbocycles. The third-order valence-electron chi connectivity index (χ3n) is 5.99.